The molecule has 1 aromatic carbocycles. The molecule has 2 rings (SSSR count). The van der Waals surface area contributed by atoms with Crippen molar-refractivity contribution >= 4 is 5.91 Å². The van der Waals surface area contributed by atoms with Gasteiger partial charge >= 0.3 is 0 Å². The molecule has 1 aromatic rings. The van der Waals surface area contributed by atoms with Gasteiger partial charge in [-0.15, -0.1) is 0 Å². The molecule has 18 heavy (non-hydrogen) atoms. The molecule has 1 fully saturated rings. The van der Waals surface area contributed by atoms with Crippen LogP contribution in [-0.4, -0.2) is 36.5 Å². The zero-order chi connectivity index (χ0) is 13.1. The van der Waals surface area contributed by atoms with Crippen LogP contribution in [0.15, 0.2) is 24.3 Å². The lowest BCUT2D eigenvalue weighted by Crippen LogP contribution is -2.53. The third-order valence-electron chi connectivity index (χ3n) is 3.50. The van der Waals surface area contributed by atoms with Crippen molar-refractivity contribution in [2.24, 2.45) is 0 Å². The van der Waals surface area contributed by atoms with Crippen LogP contribution in [0.5, 0.6) is 0 Å². The maximum atomic E-state index is 13.2. The first-order chi connectivity index (χ1) is 8.59. The number of nitrogens with one attached hydrogen (secondary N) is 1. The molecule has 1 heterocycles. The zero-order valence-electron chi connectivity index (χ0n) is 10.8. The number of amides is 1. The SMILES string of the molecule is CC(C(=O)N1CCNC[C@H]1C)c1cccc(F)c1. The molecule has 1 N–H and O–H groups in total. The van der Waals surface area contributed by atoms with Crippen LogP contribution in [0.2, 0.25) is 0 Å². The van der Waals surface area contributed by atoms with Crippen LogP contribution in [0.4, 0.5) is 4.39 Å². The second-order valence-corrected chi connectivity index (χ2v) is 4.86. The van der Waals surface area contributed by atoms with Gasteiger partial charge in [0.2, 0.25) is 5.91 Å². The molecule has 1 saturated heterocycles. The van der Waals surface area contributed by atoms with Crippen LogP contribution in [-0.2, 0) is 4.79 Å². The van der Waals surface area contributed by atoms with Crippen LogP contribution in [0.3, 0.4) is 0 Å². The third-order valence-corrected chi connectivity index (χ3v) is 3.50. The summed E-state index contributed by atoms with van der Waals surface area (Å²) in [4.78, 5) is 14.3. The number of carbonyl (C=O) groups excluding carboxylic acids is 1. The highest BCUT2D eigenvalue weighted by Gasteiger charge is 2.27. The van der Waals surface area contributed by atoms with Crippen LogP contribution < -0.4 is 5.32 Å². The molecule has 0 saturated carbocycles. The molecule has 1 aliphatic rings. The van der Waals surface area contributed by atoms with Gasteiger partial charge in [-0.2, -0.15) is 0 Å². The summed E-state index contributed by atoms with van der Waals surface area (Å²) in [5, 5.41) is 3.25. The van der Waals surface area contributed by atoms with E-state index in [1.54, 1.807) is 12.1 Å². The number of rotatable bonds is 2. The van der Waals surface area contributed by atoms with Gasteiger partial charge in [0.15, 0.2) is 0 Å². The van der Waals surface area contributed by atoms with Crippen LogP contribution >= 0.6 is 0 Å². The number of hydrogen-bond donors (Lipinski definition) is 1. The number of piperazine rings is 1. The minimum Gasteiger partial charge on any atom is -0.337 e. The summed E-state index contributed by atoms with van der Waals surface area (Å²) in [6, 6.07) is 6.49. The van der Waals surface area contributed by atoms with E-state index in [1.165, 1.54) is 12.1 Å². The normalized spacial score (nSPS) is 21.7. The van der Waals surface area contributed by atoms with Gasteiger partial charge in [0, 0.05) is 25.7 Å². The summed E-state index contributed by atoms with van der Waals surface area (Å²) in [6.45, 7) is 6.24. The molecule has 1 amide bonds. The Bertz CT molecular complexity index is 436. The van der Waals surface area contributed by atoms with E-state index in [0.29, 0.717) is 0 Å². The fourth-order valence-corrected chi connectivity index (χ4v) is 2.34. The smallest absolute Gasteiger partial charge is 0.230 e. The molecule has 0 aliphatic carbocycles. The van der Waals surface area contributed by atoms with E-state index in [2.05, 4.69) is 5.32 Å². The van der Waals surface area contributed by atoms with Gasteiger partial charge in [-0.3, -0.25) is 4.79 Å². The van der Waals surface area contributed by atoms with E-state index in [1.807, 2.05) is 18.7 Å². The van der Waals surface area contributed by atoms with Crippen LogP contribution in [0.1, 0.15) is 25.3 Å². The first-order valence-electron chi connectivity index (χ1n) is 6.36. The zero-order valence-corrected chi connectivity index (χ0v) is 10.8. The van der Waals surface area contributed by atoms with Crippen molar-refractivity contribution in [3.8, 4) is 0 Å². The largest absolute Gasteiger partial charge is 0.337 e. The van der Waals surface area contributed by atoms with Gasteiger partial charge in [0.1, 0.15) is 5.82 Å². The fraction of sp³-hybridized carbons (Fsp3) is 0.500. The number of hydrogen-bond acceptors (Lipinski definition) is 2. The van der Waals surface area contributed by atoms with Crippen molar-refractivity contribution in [2.75, 3.05) is 19.6 Å². The predicted octanol–water partition coefficient (Wildman–Crippen LogP) is 1.75. The van der Waals surface area contributed by atoms with E-state index < -0.39 is 0 Å². The molecule has 1 unspecified atom stereocenters. The summed E-state index contributed by atoms with van der Waals surface area (Å²) >= 11 is 0. The Hall–Kier alpha value is -1.42. The van der Waals surface area contributed by atoms with Crippen molar-refractivity contribution in [1.82, 2.24) is 10.2 Å². The second-order valence-electron chi connectivity index (χ2n) is 4.86. The standard InChI is InChI=1S/C14H19FN2O/c1-10-9-16-6-7-17(10)14(18)11(2)12-4-3-5-13(15)8-12/h3-5,8,10-11,16H,6-7,9H2,1-2H3/t10-,11?/m1/s1. The van der Waals surface area contributed by atoms with Crippen molar-refractivity contribution < 1.29 is 9.18 Å². The van der Waals surface area contributed by atoms with E-state index in [4.69, 9.17) is 0 Å². The minimum absolute atomic E-state index is 0.0783. The van der Waals surface area contributed by atoms with Crippen molar-refractivity contribution in [3.05, 3.63) is 35.6 Å². The molecule has 98 valence electrons. The second kappa shape index (κ2) is 5.48. The number of nitrogens with zero attached hydrogens (tertiary/aromatic N) is 1. The average Bonchev–Trinajstić information content (AvgIpc) is 2.37. The van der Waals surface area contributed by atoms with Crippen molar-refractivity contribution in [1.29, 1.82) is 0 Å². The van der Waals surface area contributed by atoms with Crippen LogP contribution in [0, 0.1) is 5.82 Å². The maximum Gasteiger partial charge on any atom is 0.230 e. The number of halogens is 1. The summed E-state index contributed by atoms with van der Waals surface area (Å²) in [5.41, 5.74) is 0.741. The van der Waals surface area contributed by atoms with Gasteiger partial charge in [-0.1, -0.05) is 12.1 Å². The minimum atomic E-state index is -0.291. The molecule has 1 aliphatic heterocycles. The quantitative estimate of drug-likeness (QED) is 0.867. The fourth-order valence-electron chi connectivity index (χ4n) is 2.34. The molecule has 4 heteroatoms. The first-order valence-corrected chi connectivity index (χ1v) is 6.36. The Morgan fingerprint density at radius 2 is 2.33 bits per heavy atom. The lowest BCUT2D eigenvalue weighted by Gasteiger charge is -2.35. The Morgan fingerprint density at radius 1 is 1.56 bits per heavy atom. The average molecular weight is 250 g/mol. The summed E-state index contributed by atoms with van der Waals surface area (Å²) in [5.74, 6) is -0.503. The number of benzene rings is 1. The van der Waals surface area contributed by atoms with Gasteiger partial charge in [0.25, 0.3) is 0 Å². The lowest BCUT2D eigenvalue weighted by atomic mass is 9.98. The molecular formula is C14H19FN2O. The van der Waals surface area contributed by atoms with Crippen LogP contribution in [0.25, 0.3) is 0 Å². The third kappa shape index (κ3) is 2.70. The highest BCUT2D eigenvalue weighted by molar-refractivity contribution is 5.83. The monoisotopic (exact) mass is 250 g/mol. The van der Waals surface area contributed by atoms with Gasteiger partial charge in [-0.25, -0.2) is 4.39 Å². The van der Waals surface area contributed by atoms with Gasteiger partial charge in [-0.05, 0) is 31.5 Å². The Balaban J connectivity index is 2.13. The number of carbonyl (C=O) groups is 1. The summed E-state index contributed by atoms with van der Waals surface area (Å²) in [7, 11) is 0. The molecular weight excluding hydrogens is 231 g/mol. The summed E-state index contributed by atoms with van der Waals surface area (Å²) < 4.78 is 13.2. The highest BCUT2D eigenvalue weighted by atomic mass is 19.1. The Kier molecular flexibility index (Phi) is 3.97. The summed E-state index contributed by atoms with van der Waals surface area (Å²) in [6.07, 6.45) is 0. The highest BCUT2D eigenvalue weighted by Crippen LogP contribution is 2.20. The maximum absolute atomic E-state index is 13.2. The molecule has 3 nitrogen and oxygen atoms in total. The van der Waals surface area contributed by atoms with Crippen molar-refractivity contribution in [3.63, 3.8) is 0 Å². The molecule has 0 radical (unpaired) electrons. The van der Waals surface area contributed by atoms with E-state index in [0.717, 1.165) is 25.2 Å². The predicted molar refractivity (Wildman–Crippen MR) is 68.9 cm³/mol. The Morgan fingerprint density at radius 3 is 3.00 bits per heavy atom. The first kappa shape index (κ1) is 13.0. The lowest BCUT2D eigenvalue weighted by molar-refractivity contribution is -0.135. The van der Waals surface area contributed by atoms with E-state index in [-0.39, 0.29) is 23.7 Å². The van der Waals surface area contributed by atoms with E-state index in [9.17, 15) is 9.18 Å². The molecule has 0 bridgehead atoms. The van der Waals surface area contributed by atoms with Gasteiger partial charge < -0.3 is 10.2 Å². The molecule has 2 atom stereocenters. The van der Waals surface area contributed by atoms with Crippen molar-refractivity contribution in [2.45, 2.75) is 25.8 Å². The molecule has 0 aromatic heterocycles. The Labute approximate surface area is 107 Å². The van der Waals surface area contributed by atoms with Gasteiger partial charge in [0.05, 0.1) is 5.92 Å². The molecule has 0 spiro atoms. The van der Waals surface area contributed by atoms with E-state index >= 15 is 0 Å². The topological polar surface area (TPSA) is 32.3 Å².